The molecule has 4 nitrogen and oxygen atoms in total. The lowest BCUT2D eigenvalue weighted by molar-refractivity contribution is -0.129. The first-order valence-electron chi connectivity index (χ1n) is 6.81. The first kappa shape index (κ1) is 20.2. The number of benzene rings is 1. The second-order valence-corrected chi connectivity index (χ2v) is 5.61. The summed E-state index contributed by atoms with van der Waals surface area (Å²) in [5, 5.41) is 3.00. The number of nitrogens with two attached hydrogens (primary N) is 1. The van der Waals surface area contributed by atoms with Crippen LogP contribution in [-0.2, 0) is 4.79 Å². The Labute approximate surface area is 139 Å². The van der Waals surface area contributed by atoms with Gasteiger partial charge in [-0.05, 0) is 38.9 Å². The van der Waals surface area contributed by atoms with Gasteiger partial charge in [-0.2, -0.15) is 0 Å². The number of carbonyl (C=O) groups excluding carboxylic acids is 1. The summed E-state index contributed by atoms with van der Waals surface area (Å²) in [6, 6.07) is 10.4. The van der Waals surface area contributed by atoms with Crippen molar-refractivity contribution >= 4 is 30.7 Å². The summed E-state index contributed by atoms with van der Waals surface area (Å²) in [6.45, 7) is 0.592. The number of likely N-dealkylation sites (N-methyl/N-ethyl adjacent to an activating group) is 1. The van der Waals surface area contributed by atoms with Crippen molar-refractivity contribution in [2.75, 3.05) is 20.6 Å². The van der Waals surface area contributed by atoms with Crippen LogP contribution in [0.3, 0.4) is 0 Å². The Bertz CT molecular complexity index is 436. The molecule has 0 saturated heterocycles. The lowest BCUT2D eigenvalue weighted by atomic mass is 9.77. The molecule has 120 valence electrons. The maximum absolute atomic E-state index is 12.1. The third-order valence-electron chi connectivity index (χ3n) is 3.96. The first-order valence-corrected chi connectivity index (χ1v) is 6.81. The van der Waals surface area contributed by atoms with Gasteiger partial charge in [-0.25, -0.2) is 0 Å². The minimum atomic E-state index is -0.618. The Morgan fingerprint density at radius 2 is 1.86 bits per heavy atom. The quantitative estimate of drug-likeness (QED) is 0.867. The molecule has 1 aromatic rings. The predicted molar refractivity (Wildman–Crippen MR) is 91.1 cm³/mol. The average Bonchev–Trinajstić information content (AvgIpc) is 2.36. The lowest BCUT2D eigenvalue weighted by Gasteiger charge is -2.37. The van der Waals surface area contributed by atoms with Gasteiger partial charge in [0, 0.05) is 6.54 Å². The molecule has 2 rings (SSSR count). The maximum atomic E-state index is 12.1. The summed E-state index contributed by atoms with van der Waals surface area (Å²) in [4.78, 5) is 14.2. The molecule has 0 aromatic heterocycles. The van der Waals surface area contributed by atoms with Crippen molar-refractivity contribution in [2.24, 2.45) is 5.73 Å². The summed E-state index contributed by atoms with van der Waals surface area (Å²) in [5.41, 5.74) is 6.61. The van der Waals surface area contributed by atoms with Crippen LogP contribution < -0.4 is 11.1 Å². The minimum absolute atomic E-state index is 0. The molecular formula is C15H25Cl2N3O. The Morgan fingerprint density at radius 1 is 1.29 bits per heavy atom. The van der Waals surface area contributed by atoms with Crippen molar-refractivity contribution in [2.45, 2.75) is 30.8 Å². The van der Waals surface area contributed by atoms with Crippen molar-refractivity contribution < 1.29 is 4.79 Å². The summed E-state index contributed by atoms with van der Waals surface area (Å²) in [5.74, 6) is -0.0125. The third kappa shape index (κ3) is 4.85. The van der Waals surface area contributed by atoms with Crippen LogP contribution in [0.5, 0.6) is 0 Å². The van der Waals surface area contributed by atoms with E-state index < -0.39 is 5.54 Å². The number of carbonyl (C=O) groups is 1. The topological polar surface area (TPSA) is 58.4 Å². The largest absolute Gasteiger partial charge is 0.353 e. The monoisotopic (exact) mass is 333 g/mol. The van der Waals surface area contributed by atoms with E-state index in [4.69, 9.17) is 5.73 Å². The van der Waals surface area contributed by atoms with Crippen LogP contribution in [0, 0.1) is 0 Å². The molecule has 0 spiro atoms. The summed E-state index contributed by atoms with van der Waals surface area (Å²) >= 11 is 0. The Morgan fingerprint density at radius 3 is 2.29 bits per heavy atom. The normalized spacial score (nSPS) is 17.0. The number of rotatable bonds is 5. The van der Waals surface area contributed by atoms with Gasteiger partial charge in [-0.15, -0.1) is 24.8 Å². The highest BCUT2D eigenvalue weighted by Crippen LogP contribution is 2.29. The van der Waals surface area contributed by atoms with Gasteiger partial charge in [0.1, 0.15) is 0 Å². The minimum Gasteiger partial charge on any atom is -0.353 e. The molecule has 1 saturated carbocycles. The second-order valence-electron chi connectivity index (χ2n) is 5.61. The van der Waals surface area contributed by atoms with Gasteiger partial charge in [0.25, 0.3) is 0 Å². The van der Waals surface area contributed by atoms with Crippen LogP contribution >= 0.6 is 24.8 Å². The highest BCUT2D eigenvalue weighted by molar-refractivity contribution is 5.87. The van der Waals surface area contributed by atoms with Gasteiger partial charge in [-0.3, -0.25) is 4.79 Å². The standard InChI is InChI=1S/C15H23N3O.2ClH/c1-18(2)13(12-7-4-3-5-8-12)11-17-14(19)15(16)9-6-10-15;;/h3-5,7-8,13H,6,9-11,16H2,1-2H3,(H,17,19);2*1H. The zero-order valence-electron chi connectivity index (χ0n) is 12.5. The van der Waals surface area contributed by atoms with Gasteiger partial charge >= 0.3 is 0 Å². The van der Waals surface area contributed by atoms with Crippen molar-refractivity contribution in [3.05, 3.63) is 35.9 Å². The average molecular weight is 334 g/mol. The van der Waals surface area contributed by atoms with Crippen LogP contribution in [0.1, 0.15) is 30.9 Å². The lowest BCUT2D eigenvalue weighted by Crippen LogP contribution is -2.59. The number of hydrogen-bond donors (Lipinski definition) is 2. The first-order chi connectivity index (χ1) is 9.03. The summed E-state index contributed by atoms with van der Waals surface area (Å²) < 4.78 is 0. The van der Waals surface area contributed by atoms with Crippen molar-refractivity contribution in [3.8, 4) is 0 Å². The molecule has 1 aliphatic carbocycles. The van der Waals surface area contributed by atoms with Crippen molar-refractivity contribution in [1.29, 1.82) is 0 Å². The number of nitrogens with one attached hydrogen (secondary N) is 1. The molecule has 0 bridgehead atoms. The van der Waals surface area contributed by atoms with E-state index in [9.17, 15) is 4.79 Å². The molecule has 6 heteroatoms. The molecule has 1 unspecified atom stereocenters. The number of amides is 1. The van der Waals surface area contributed by atoms with Gasteiger partial charge in [0.15, 0.2) is 0 Å². The molecule has 1 atom stereocenters. The molecule has 0 aliphatic heterocycles. The fourth-order valence-electron chi connectivity index (χ4n) is 2.42. The molecule has 1 aliphatic rings. The van der Waals surface area contributed by atoms with Crippen LogP contribution in [0.2, 0.25) is 0 Å². The van der Waals surface area contributed by atoms with Crippen molar-refractivity contribution in [3.63, 3.8) is 0 Å². The fraction of sp³-hybridized carbons (Fsp3) is 0.533. The van der Waals surface area contributed by atoms with Gasteiger partial charge < -0.3 is 16.0 Å². The fourth-order valence-corrected chi connectivity index (χ4v) is 2.42. The Balaban J connectivity index is 0.00000200. The van der Waals surface area contributed by atoms with Crippen LogP contribution in [0.15, 0.2) is 30.3 Å². The number of hydrogen-bond acceptors (Lipinski definition) is 3. The van der Waals surface area contributed by atoms with E-state index in [0.717, 1.165) is 19.3 Å². The highest BCUT2D eigenvalue weighted by Gasteiger charge is 2.40. The van der Waals surface area contributed by atoms with E-state index in [-0.39, 0.29) is 36.8 Å². The molecule has 3 N–H and O–H groups in total. The maximum Gasteiger partial charge on any atom is 0.240 e. The molecule has 0 heterocycles. The van der Waals surface area contributed by atoms with E-state index in [2.05, 4.69) is 22.3 Å². The SMILES string of the molecule is CN(C)C(CNC(=O)C1(N)CCC1)c1ccccc1.Cl.Cl. The van der Waals surface area contributed by atoms with Crippen LogP contribution in [0.4, 0.5) is 0 Å². The zero-order chi connectivity index (χ0) is 13.9. The highest BCUT2D eigenvalue weighted by atomic mass is 35.5. The number of nitrogens with zero attached hydrogens (tertiary/aromatic N) is 1. The van der Waals surface area contributed by atoms with Gasteiger partial charge in [-0.1, -0.05) is 30.3 Å². The molecular weight excluding hydrogens is 309 g/mol. The molecule has 1 aromatic carbocycles. The second kappa shape index (κ2) is 8.59. The van der Waals surface area contributed by atoms with E-state index >= 15 is 0 Å². The molecule has 21 heavy (non-hydrogen) atoms. The molecule has 1 amide bonds. The smallest absolute Gasteiger partial charge is 0.240 e. The van der Waals surface area contributed by atoms with Gasteiger partial charge in [0.05, 0.1) is 11.6 Å². The van der Waals surface area contributed by atoms with Crippen LogP contribution in [-0.4, -0.2) is 37.0 Å². The van der Waals surface area contributed by atoms with Crippen LogP contribution in [0.25, 0.3) is 0 Å². The predicted octanol–water partition coefficient (Wildman–Crippen LogP) is 2.13. The Kier molecular flexibility index (Phi) is 8.26. The van der Waals surface area contributed by atoms with E-state index in [1.807, 2.05) is 32.3 Å². The molecule has 0 radical (unpaired) electrons. The van der Waals surface area contributed by atoms with E-state index in [1.54, 1.807) is 0 Å². The third-order valence-corrected chi connectivity index (χ3v) is 3.96. The number of halogens is 2. The van der Waals surface area contributed by atoms with Gasteiger partial charge in [0.2, 0.25) is 5.91 Å². The van der Waals surface area contributed by atoms with E-state index in [0.29, 0.717) is 6.54 Å². The zero-order valence-corrected chi connectivity index (χ0v) is 14.2. The Hall–Kier alpha value is -0.810. The van der Waals surface area contributed by atoms with Crippen molar-refractivity contribution in [1.82, 2.24) is 10.2 Å². The molecule has 1 fully saturated rings. The summed E-state index contributed by atoms with van der Waals surface area (Å²) in [6.07, 6.45) is 2.66. The van der Waals surface area contributed by atoms with E-state index in [1.165, 1.54) is 5.56 Å². The summed E-state index contributed by atoms with van der Waals surface area (Å²) in [7, 11) is 4.04.